The number of quaternary nitrogens is 1. The Bertz CT molecular complexity index is 664. The summed E-state index contributed by atoms with van der Waals surface area (Å²) in [6.07, 6.45) is 0. The minimum Gasteiger partial charge on any atom is -0.358 e. The lowest BCUT2D eigenvalue weighted by molar-refractivity contribution is -0.917. The third-order valence-electron chi connectivity index (χ3n) is 4.75. The van der Waals surface area contributed by atoms with E-state index in [0.717, 1.165) is 44.4 Å². The minimum absolute atomic E-state index is 0.802. The maximum Gasteiger partial charge on any atom is 0.169 e. The van der Waals surface area contributed by atoms with Gasteiger partial charge in [-0.15, -0.1) is 0 Å². The summed E-state index contributed by atoms with van der Waals surface area (Å²) in [5, 5.41) is 4.27. The summed E-state index contributed by atoms with van der Waals surface area (Å²) in [5.74, 6) is 0. The van der Waals surface area contributed by atoms with Crippen LogP contribution in [0.2, 0.25) is 0 Å². The highest BCUT2D eigenvalue weighted by Crippen LogP contribution is 2.05. The fraction of sp³-hybridized carbons (Fsp3) is 0.350. The van der Waals surface area contributed by atoms with Crippen molar-refractivity contribution in [3.05, 3.63) is 71.3 Å². The quantitative estimate of drug-likeness (QED) is 0.828. The van der Waals surface area contributed by atoms with Gasteiger partial charge < -0.3 is 15.1 Å². The van der Waals surface area contributed by atoms with Crippen molar-refractivity contribution in [1.29, 1.82) is 0 Å². The van der Waals surface area contributed by atoms with Crippen LogP contribution in [-0.4, -0.2) is 36.2 Å². The Balaban J connectivity index is 1.44. The van der Waals surface area contributed by atoms with Gasteiger partial charge >= 0.3 is 0 Å². The van der Waals surface area contributed by atoms with Gasteiger partial charge in [-0.05, 0) is 30.3 Å². The zero-order valence-corrected chi connectivity index (χ0v) is 15.1. The Hall–Kier alpha value is -1.91. The van der Waals surface area contributed by atoms with Gasteiger partial charge in [-0.25, -0.2) is 0 Å². The van der Waals surface area contributed by atoms with E-state index in [1.807, 2.05) is 6.07 Å². The Labute approximate surface area is 150 Å². The van der Waals surface area contributed by atoms with Crippen LogP contribution in [0.5, 0.6) is 0 Å². The molecule has 2 aromatic carbocycles. The first-order valence-corrected chi connectivity index (χ1v) is 9.08. The first-order valence-electron chi connectivity index (χ1n) is 8.67. The van der Waals surface area contributed by atoms with Gasteiger partial charge in [0.25, 0.3) is 0 Å². The molecule has 0 aliphatic carbocycles. The number of nitrogens with zero attached hydrogens (tertiary/aromatic N) is 1. The molecule has 3 nitrogen and oxygen atoms in total. The lowest BCUT2D eigenvalue weighted by atomic mass is 10.1. The van der Waals surface area contributed by atoms with E-state index in [4.69, 9.17) is 12.2 Å². The molecule has 3 rings (SSSR count). The zero-order chi connectivity index (χ0) is 16.8. The Morgan fingerprint density at radius 1 is 1.04 bits per heavy atom. The van der Waals surface area contributed by atoms with Crippen LogP contribution < -0.4 is 10.2 Å². The minimum atomic E-state index is 0.802. The van der Waals surface area contributed by atoms with Crippen molar-refractivity contribution in [2.24, 2.45) is 0 Å². The molecule has 0 atom stereocenters. The van der Waals surface area contributed by atoms with Crippen molar-refractivity contribution in [3.63, 3.8) is 0 Å². The summed E-state index contributed by atoms with van der Waals surface area (Å²) in [4.78, 5) is 3.95. The smallest absolute Gasteiger partial charge is 0.169 e. The van der Waals surface area contributed by atoms with Gasteiger partial charge in [0.15, 0.2) is 5.11 Å². The monoisotopic (exact) mass is 340 g/mol. The third-order valence-corrected chi connectivity index (χ3v) is 5.15. The zero-order valence-electron chi connectivity index (χ0n) is 14.3. The van der Waals surface area contributed by atoms with E-state index < -0.39 is 0 Å². The van der Waals surface area contributed by atoms with Gasteiger partial charge in [0.2, 0.25) is 0 Å². The third kappa shape index (κ3) is 4.56. The summed E-state index contributed by atoms with van der Waals surface area (Å²) < 4.78 is 0. The maximum atomic E-state index is 5.57. The van der Waals surface area contributed by atoms with E-state index in [0.29, 0.717) is 0 Å². The van der Waals surface area contributed by atoms with Crippen LogP contribution in [0.15, 0.2) is 54.6 Å². The van der Waals surface area contributed by atoms with Crippen molar-refractivity contribution in [2.75, 3.05) is 26.2 Å². The standard InChI is InChI=1S/C20H25N3S/c1-17-7-5-6-10-19(17)16-22-11-13-23(14-12-22)20(24)21-15-18-8-3-2-4-9-18/h2-10H,11-16H2,1H3,(H,21,24)/p+1. The molecule has 0 bridgehead atoms. The van der Waals surface area contributed by atoms with Gasteiger partial charge in [-0.3, -0.25) is 0 Å². The van der Waals surface area contributed by atoms with Crippen molar-refractivity contribution in [1.82, 2.24) is 10.2 Å². The average molecular weight is 341 g/mol. The summed E-state index contributed by atoms with van der Waals surface area (Å²) >= 11 is 5.57. The second-order valence-corrected chi connectivity index (χ2v) is 6.87. The van der Waals surface area contributed by atoms with Crippen LogP contribution >= 0.6 is 12.2 Å². The molecule has 0 saturated carbocycles. The highest BCUT2D eigenvalue weighted by molar-refractivity contribution is 7.80. The maximum absolute atomic E-state index is 5.57. The summed E-state index contributed by atoms with van der Waals surface area (Å²) in [7, 11) is 0. The van der Waals surface area contributed by atoms with E-state index in [2.05, 4.69) is 65.7 Å². The molecule has 0 unspecified atom stereocenters. The van der Waals surface area contributed by atoms with E-state index in [-0.39, 0.29) is 0 Å². The van der Waals surface area contributed by atoms with E-state index in [1.165, 1.54) is 16.7 Å². The second-order valence-electron chi connectivity index (χ2n) is 6.48. The molecule has 2 N–H and O–H groups in total. The van der Waals surface area contributed by atoms with Crippen LogP contribution in [0.25, 0.3) is 0 Å². The Morgan fingerprint density at radius 3 is 2.42 bits per heavy atom. The number of nitrogens with one attached hydrogen (secondary N) is 2. The molecular formula is C20H26N3S+. The average Bonchev–Trinajstić information content (AvgIpc) is 2.63. The predicted molar refractivity (Wildman–Crippen MR) is 103 cm³/mol. The summed E-state index contributed by atoms with van der Waals surface area (Å²) in [5.41, 5.74) is 4.13. The van der Waals surface area contributed by atoms with Crippen LogP contribution in [-0.2, 0) is 13.1 Å². The lowest BCUT2D eigenvalue weighted by Crippen LogP contribution is -3.13. The number of aryl methyl sites for hydroxylation is 1. The number of piperazine rings is 1. The van der Waals surface area contributed by atoms with Gasteiger partial charge in [0.05, 0.1) is 26.2 Å². The highest BCUT2D eigenvalue weighted by Gasteiger charge is 2.22. The molecule has 0 amide bonds. The van der Waals surface area contributed by atoms with E-state index in [1.54, 1.807) is 4.90 Å². The number of hydrogen-bond donors (Lipinski definition) is 2. The Kier molecular flexibility index (Phi) is 5.83. The van der Waals surface area contributed by atoms with Crippen LogP contribution in [0.1, 0.15) is 16.7 Å². The van der Waals surface area contributed by atoms with Gasteiger partial charge in [0, 0.05) is 12.1 Å². The van der Waals surface area contributed by atoms with Crippen molar-refractivity contribution >= 4 is 17.3 Å². The fourth-order valence-corrected chi connectivity index (χ4v) is 3.42. The molecule has 1 aliphatic heterocycles. The number of hydrogen-bond acceptors (Lipinski definition) is 1. The Morgan fingerprint density at radius 2 is 1.71 bits per heavy atom. The van der Waals surface area contributed by atoms with E-state index in [9.17, 15) is 0 Å². The topological polar surface area (TPSA) is 19.7 Å². The highest BCUT2D eigenvalue weighted by atomic mass is 32.1. The van der Waals surface area contributed by atoms with Crippen LogP contribution in [0, 0.1) is 6.92 Å². The van der Waals surface area contributed by atoms with Crippen LogP contribution in [0.4, 0.5) is 0 Å². The molecule has 1 heterocycles. The summed E-state index contributed by atoms with van der Waals surface area (Å²) in [6.45, 7) is 8.46. The number of benzene rings is 2. The first kappa shape index (κ1) is 16.9. The molecule has 0 radical (unpaired) electrons. The van der Waals surface area contributed by atoms with Gasteiger partial charge in [0.1, 0.15) is 6.54 Å². The molecule has 0 aromatic heterocycles. The molecule has 1 saturated heterocycles. The molecule has 1 aliphatic rings. The molecule has 4 heteroatoms. The number of thiocarbonyl (C=S) groups is 1. The van der Waals surface area contributed by atoms with Gasteiger partial charge in [-0.1, -0.05) is 54.6 Å². The van der Waals surface area contributed by atoms with Crippen molar-refractivity contribution in [3.8, 4) is 0 Å². The lowest BCUT2D eigenvalue weighted by Gasteiger charge is -2.34. The first-order chi connectivity index (χ1) is 11.7. The van der Waals surface area contributed by atoms with Gasteiger partial charge in [-0.2, -0.15) is 0 Å². The van der Waals surface area contributed by atoms with Crippen molar-refractivity contribution < 1.29 is 4.90 Å². The molecular weight excluding hydrogens is 314 g/mol. The molecule has 0 spiro atoms. The molecule has 2 aromatic rings. The normalized spacial score (nSPS) is 15.3. The largest absolute Gasteiger partial charge is 0.358 e. The van der Waals surface area contributed by atoms with Crippen molar-refractivity contribution in [2.45, 2.75) is 20.0 Å². The fourth-order valence-electron chi connectivity index (χ4n) is 3.17. The SMILES string of the molecule is Cc1ccccc1C[NH+]1CCN(C(=S)NCc2ccccc2)CC1. The number of rotatable bonds is 4. The molecule has 24 heavy (non-hydrogen) atoms. The van der Waals surface area contributed by atoms with Crippen LogP contribution in [0.3, 0.4) is 0 Å². The predicted octanol–water partition coefficient (Wildman–Crippen LogP) is 1.77. The summed E-state index contributed by atoms with van der Waals surface area (Å²) in [6, 6.07) is 19.1. The molecule has 126 valence electrons. The molecule has 1 fully saturated rings. The second kappa shape index (κ2) is 8.27. The van der Waals surface area contributed by atoms with E-state index >= 15 is 0 Å².